The van der Waals surface area contributed by atoms with Crippen molar-refractivity contribution in [2.24, 2.45) is 5.84 Å². The van der Waals surface area contributed by atoms with E-state index in [9.17, 15) is 0 Å². The van der Waals surface area contributed by atoms with Crippen LogP contribution in [-0.4, -0.2) is 15.0 Å². The van der Waals surface area contributed by atoms with E-state index in [1.165, 1.54) is 0 Å². The summed E-state index contributed by atoms with van der Waals surface area (Å²) >= 11 is 4.83. The molecule has 8 heteroatoms. The smallest absolute Gasteiger partial charge is 0.152 e. The zero-order valence-electron chi connectivity index (χ0n) is 9.16. The van der Waals surface area contributed by atoms with E-state index in [4.69, 9.17) is 5.84 Å². The molecule has 3 heterocycles. The van der Waals surface area contributed by atoms with Gasteiger partial charge in [0, 0.05) is 11.6 Å². The Kier molecular flexibility index (Phi) is 3.41. The molecule has 0 amide bonds. The Morgan fingerprint density at radius 2 is 2.22 bits per heavy atom. The lowest BCUT2D eigenvalue weighted by atomic mass is 10.4. The van der Waals surface area contributed by atoms with Crippen LogP contribution >= 0.6 is 34.4 Å². The van der Waals surface area contributed by atoms with Crippen molar-refractivity contribution in [3.05, 3.63) is 28.8 Å². The lowest BCUT2D eigenvalue weighted by Gasteiger charge is -2.04. The van der Waals surface area contributed by atoms with Crippen molar-refractivity contribution in [3.63, 3.8) is 0 Å². The van der Waals surface area contributed by atoms with E-state index in [1.54, 1.807) is 40.6 Å². The van der Waals surface area contributed by atoms with Gasteiger partial charge in [-0.05, 0) is 11.4 Å². The van der Waals surface area contributed by atoms with E-state index in [-0.39, 0.29) is 0 Å². The number of nitrogens with two attached hydrogens (primary N) is 1. The molecular formula is C10H9N5S3. The molecule has 0 radical (unpaired) electrons. The molecule has 3 N–H and O–H groups in total. The first-order chi connectivity index (χ1) is 8.86. The minimum Gasteiger partial charge on any atom is -0.308 e. The maximum Gasteiger partial charge on any atom is 0.152 e. The molecule has 92 valence electrons. The highest BCUT2D eigenvalue weighted by atomic mass is 32.2. The zero-order valence-corrected chi connectivity index (χ0v) is 11.6. The third-order valence-corrected chi connectivity index (χ3v) is 5.01. The summed E-state index contributed by atoms with van der Waals surface area (Å²) in [5, 5.41) is 4.90. The lowest BCUT2D eigenvalue weighted by Crippen LogP contribution is -2.10. The predicted octanol–water partition coefficient (Wildman–Crippen LogP) is 2.73. The van der Waals surface area contributed by atoms with Gasteiger partial charge in [0.1, 0.15) is 15.0 Å². The molecule has 0 aliphatic heterocycles. The number of aromatic nitrogens is 3. The quantitative estimate of drug-likeness (QED) is 0.438. The van der Waals surface area contributed by atoms with Crippen LogP contribution < -0.4 is 11.3 Å². The molecule has 3 rings (SSSR count). The highest BCUT2D eigenvalue weighted by Gasteiger charge is 2.08. The third-order valence-electron chi connectivity index (χ3n) is 2.24. The summed E-state index contributed by atoms with van der Waals surface area (Å²) < 4.78 is 1.02. The molecule has 3 aromatic heterocycles. The predicted molar refractivity (Wildman–Crippen MR) is 76.9 cm³/mol. The Hall–Kier alpha value is -1.22. The van der Waals surface area contributed by atoms with Crippen LogP contribution in [0.3, 0.4) is 0 Å². The number of rotatable bonds is 4. The van der Waals surface area contributed by atoms with Gasteiger partial charge in [0.05, 0.1) is 11.1 Å². The number of hydrogen-bond donors (Lipinski definition) is 2. The number of hydrazine groups is 1. The van der Waals surface area contributed by atoms with Crippen molar-refractivity contribution in [1.82, 2.24) is 15.0 Å². The summed E-state index contributed by atoms with van der Waals surface area (Å²) in [5.41, 5.74) is 2.62. The number of thioether (sulfide) groups is 1. The number of thiophene rings is 1. The van der Waals surface area contributed by atoms with Crippen LogP contribution in [0.15, 0.2) is 27.4 Å². The summed E-state index contributed by atoms with van der Waals surface area (Å²) in [6.45, 7) is 0. The summed E-state index contributed by atoms with van der Waals surface area (Å²) in [4.78, 5) is 14.1. The number of hydrogen-bond acceptors (Lipinski definition) is 8. The van der Waals surface area contributed by atoms with Gasteiger partial charge >= 0.3 is 0 Å². The molecule has 0 atom stereocenters. The van der Waals surface area contributed by atoms with Crippen molar-refractivity contribution in [2.45, 2.75) is 10.1 Å². The van der Waals surface area contributed by atoms with Crippen LogP contribution in [-0.2, 0) is 5.75 Å². The number of nitrogens with one attached hydrogen (secondary N) is 1. The van der Waals surface area contributed by atoms with Gasteiger partial charge in [-0.15, -0.1) is 22.7 Å². The molecule has 0 aliphatic carbocycles. The summed E-state index contributed by atoms with van der Waals surface area (Å²) in [5.74, 6) is 7.61. The second kappa shape index (κ2) is 5.19. The van der Waals surface area contributed by atoms with E-state index < -0.39 is 0 Å². The van der Waals surface area contributed by atoms with E-state index in [2.05, 4.69) is 20.4 Å². The van der Waals surface area contributed by atoms with Crippen LogP contribution in [0.2, 0.25) is 0 Å². The van der Waals surface area contributed by atoms with Gasteiger partial charge < -0.3 is 5.43 Å². The lowest BCUT2D eigenvalue weighted by molar-refractivity contribution is 1.06. The number of nitrogen functional groups attached to an aromatic ring is 1. The standard InChI is InChI=1S/C10H9N5S3/c11-15-8-6-1-3-16-9(6)14-7(13-8)5-18-10-12-2-4-17-10/h1-4H,5,11H2,(H,13,14,15). The maximum absolute atomic E-state index is 5.48. The monoisotopic (exact) mass is 295 g/mol. The highest BCUT2D eigenvalue weighted by molar-refractivity contribution is 8.00. The topological polar surface area (TPSA) is 76.7 Å². The second-order valence-electron chi connectivity index (χ2n) is 3.36. The summed E-state index contributed by atoms with van der Waals surface area (Å²) in [6, 6.07) is 1.97. The SMILES string of the molecule is NNc1nc(CSc2nccs2)nc2sccc12. The molecule has 0 aromatic carbocycles. The fourth-order valence-electron chi connectivity index (χ4n) is 1.48. The van der Waals surface area contributed by atoms with Crippen LogP contribution in [0, 0.1) is 0 Å². The van der Waals surface area contributed by atoms with E-state index in [0.717, 1.165) is 20.4 Å². The van der Waals surface area contributed by atoms with Crippen molar-refractivity contribution in [1.29, 1.82) is 0 Å². The largest absolute Gasteiger partial charge is 0.308 e. The Morgan fingerprint density at radius 3 is 3.00 bits per heavy atom. The van der Waals surface area contributed by atoms with Crippen LogP contribution in [0.4, 0.5) is 5.82 Å². The van der Waals surface area contributed by atoms with Gasteiger partial charge in [0.25, 0.3) is 0 Å². The Bertz CT molecular complexity index is 649. The fourth-order valence-corrected chi connectivity index (χ4v) is 3.76. The molecule has 0 spiro atoms. The van der Waals surface area contributed by atoms with Crippen molar-refractivity contribution in [2.75, 3.05) is 5.43 Å². The zero-order chi connectivity index (χ0) is 12.4. The Labute approximate surface area is 115 Å². The van der Waals surface area contributed by atoms with Crippen LogP contribution in [0.5, 0.6) is 0 Å². The molecule has 0 unspecified atom stereocenters. The minimum absolute atomic E-state index is 0.677. The molecule has 0 bridgehead atoms. The first-order valence-corrected chi connectivity index (χ1v) is 7.84. The molecule has 3 aromatic rings. The fraction of sp³-hybridized carbons (Fsp3) is 0.100. The maximum atomic E-state index is 5.48. The van der Waals surface area contributed by atoms with Gasteiger partial charge in [-0.25, -0.2) is 20.8 Å². The summed E-state index contributed by atoms with van der Waals surface area (Å²) in [6.07, 6.45) is 1.79. The van der Waals surface area contributed by atoms with Gasteiger partial charge in [-0.3, -0.25) is 0 Å². The first-order valence-electron chi connectivity index (χ1n) is 5.10. The van der Waals surface area contributed by atoms with Crippen LogP contribution in [0.25, 0.3) is 10.2 Å². The highest BCUT2D eigenvalue weighted by Crippen LogP contribution is 2.28. The Balaban J connectivity index is 1.87. The van der Waals surface area contributed by atoms with Gasteiger partial charge in [0.2, 0.25) is 0 Å². The van der Waals surface area contributed by atoms with E-state index in [0.29, 0.717) is 11.6 Å². The van der Waals surface area contributed by atoms with Crippen LogP contribution in [0.1, 0.15) is 5.82 Å². The number of fused-ring (bicyclic) bond motifs is 1. The minimum atomic E-state index is 0.677. The van der Waals surface area contributed by atoms with Gasteiger partial charge in [0.15, 0.2) is 5.82 Å². The molecule has 18 heavy (non-hydrogen) atoms. The summed E-state index contributed by atoms with van der Waals surface area (Å²) in [7, 11) is 0. The first kappa shape index (κ1) is 11.8. The van der Waals surface area contributed by atoms with Crippen molar-refractivity contribution >= 4 is 50.5 Å². The molecule has 0 saturated carbocycles. The van der Waals surface area contributed by atoms with E-state index >= 15 is 0 Å². The molecule has 0 fully saturated rings. The molecule has 0 aliphatic rings. The number of anilines is 1. The number of thiazole rings is 1. The molecular weight excluding hydrogens is 286 g/mol. The van der Waals surface area contributed by atoms with Gasteiger partial charge in [-0.2, -0.15) is 0 Å². The van der Waals surface area contributed by atoms with Gasteiger partial charge in [-0.1, -0.05) is 11.8 Å². The van der Waals surface area contributed by atoms with Crippen molar-refractivity contribution in [3.8, 4) is 0 Å². The van der Waals surface area contributed by atoms with E-state index in [1.807, 2.05) is 16.8 Å². The Morgan fingerprint density at radius 1 is 1.28 bits per heavy atom. The average Bonchev–Trinajstić information content (AvgIpc) is 3.06. The molecule has 0 saturated heterocycles. The number of nitrogens with zero attached hydrogens (tertiary/aromatic N) is 3. The third kappa shape index (κ3) is 2.32. The normalized spacial score (nSPS) is 10.9. The molecule has 5 nitrogen and oxygen atoms in total. The average molecular weight is 295 g/mol. The second-order valence-corrected chi connectivity index (χ2v) is 6.37. The van der Waals surface area contributed by atoms with Crippen molar-refractivity contribution < 1.29 is 0 Å².